The van der Waals surface area contributed by atoms with Crippen molar-refractivity contribution in [2.45, 2.75) is 78.6 Å². The van der Waals surface area contributed by atoms with E-state index < -0.39 is 11.9 Å². The van der Waals surface area contributed by atoms with Crippen LogP contribution in [0.3, 0.4) is 0 Å². The predicted octanol–water partition coefficient (Wildman–Crippen LogP) is 5.57. The summed E-state index contributed by atoms with van der Waals surface area (Å²) in [5.74, 6) is -1.59. The molecule has 0 atom stereocenters. The van der Waals surface area contributed by atoms with Gasteiger partial charge in [-0.05, 0) is 48.8 Å². The van der Waals surface area contributed by atoms with Crippen LogP contribution in [-0.2, 0) is 12.8 Å². The second kappa shape index (κ2) is 10.9. The number of hydrogen-bond acceptors (Lipinski definition) is 2. The Hall–Kier alpha value is -1.84. The average Bonchev–Trinajstić information content (AvgIpc) is 2.55. The summed E-state index contributed by atoms with van der Waals surface area (Å²) in [6, 6.07) is 3.25. The normalized spacial score (nSPS) is 11.0. The van der Waals surface area contributed by atoms with E-state index in [4.69, 9.17) is 0 Å². The third-order valence-corrected chi connectivity index (χ3v) is 4.61. The first-order chi connectivity index (χ1) is 11.9. The molecule has 25 heavy (non-hydrogen) atoms. The SMILES string of the molecule is CCCCc1ccc(C(=O)O)c(C(=O)O)c1CCCCCCC(C)C. The van der Waals surface area contributed by atoms with Gasteiger partial charge >= 0.3 is 11.9 Å². The lowest BCUT2D eigenvalue weighted by Gasteiger charge is -2.15. The van der Waals surface area contributed by atoms with Crippen LogP contribution in [0.4, 0.5) is 0 Å². The largest absolute Gasteiger partial charge is 0.478 e. The van der Waals surface area contributed by atoms with Crippen molar-refractivity contribution in [1.82, 2.24) is 0 Å². The minimum absolute atomic E-state index is 0.0108. The fourth-order valence-electron chi connectivity index (χ4n) is 3.21. The first kappa shape index (κ1) is 21.2. The molecule has 0 saturated heterocycles. The summed E-state index contributed by atoms with van der Waals surface area (Å²) in [7, 11) is 0. The summed E-state index contributed by atoms with van der Waals surface area (Å²) < 4.78 is 0. The number of unbranched alkanes of at least 4 members (excludes halogenated alkanes) is 4. The Bertz CT molecular complexity index is 576. The summed E-state index contributed by atoms with van der Waals surface area (Å²) in [6.07, 6.45) is 8.96. The third kappa shape index (κ3) is 6.89. The maximum atomic E-state index is 11.7. The number of carboxylic acids is 2. The van der Waals surface area contributed by atoms with Gasteiger partial charge in [0.1, 0.15) is 0 Å². The minimum Gasteiger partial charge on any atom is -0.478 e. The molecule has 0 aromatic heterocycles. The second-order valence-electron chi connectivity index (χ2n) is 7.19. The van der Waals surface area contributed by atoms with Gasteiger partial charge in [-0.25, -0.2) is 9.59 Å². The van der Waals surface area contributed by atoms with Crippen molar-refractivity contribution in [3.8, 4) is 0 Å². The predicted molar refractivity (Wildman–Crippen MR) is 101 cm³/mol. The number of aromatic carboxylic acids is 2. The first-order valence-corrected chi connectivity index (χ1v) is 9.49. The Morgan fingerprint density at radius 1 is 0.920 bits per heavy atom. The highest BCUT2D eigenvalue weighted by atomic mass is 16.4. The lowest BCUT2D eigenvalue weighted by Crippen LogP contribution is -2.14. The Kier molecular flexibility index (Phi) is 9.25. The summed E-state index contributed by atoms with van der Waals surface area (Å²) in [5, 5.41) is 18.9. The standard InChI is InChI=1S/C21H32O4/c1-4-5-11-16-13-14-18(20(22)23)19(21(24)25)17(16)12-9-7-6-8-10-15(2)3/h13-15H,4-12H2,1-3H3,(H,22,23)(H,24,25). The zero-order valence-corrected chi connectivity index (χ0v) is 15.8. The zero-order valence-electron chi connectivity index (χ0n) is 15.8. The number of hydrogen-bond donors (Lipinski definition) is 2. The Morgan fingerprint density at radius 2 is 1.60 bits per heavy atom. The van der Waals surface area contributed by atoms with Crippen molar-refractivity contribution >= 4 is 11.9 Å². The molecule has 2 N–H and O–H groups in total. The molecule has 0 radical (unpaired) electrons. The van der Waals surface area contributed by atoms with E-state index in [0.29, 0.717) is 12.3 Å². The fraction of sp³-hybridized carbons (Fsp3) is 0.619. The Morgan fingerprint density at radius 3 is 2.16 bits per heavy atom. The van der Waals surface area contributed by atoms with E-state index in [9.17, 15) is 19.8 Å². The molecule has 0 aliphatic rings. The molecule has 0 saturated carbocycles. The van der Waals surface area contributed by atoms with Gasteiger partial charge in [0.25, 0.3) is 0 Å². The molecule has 0 spiro atoms. The van der Waals surface area contributed by atoms with Gasteiger partial charge in [-0.15, -0.1) is 0 Å². The maximum Gasteiger partial charge on any atom is 0.336 e. The van der Waals surface area contributed by atoms with Gasteiger partial charge in [0.05, 0.1) is 11.1 Å². The van der Waals surface area contributed by atoms with E-state index in [1.165, 1.54) is 18.9 Å². The molecule has 0 aliphatic heterocycles. The van der Waals surface area contributed by atoms with Gasteiger partial charge in [-0.3, -0.25) is 0 Å². The summed E-state index contributed by atoms with van der Waals surface area (Å²) >= 11 is 0. The molecule has 140 valence electrons. The van der Waals surface area contributed by atoms with E-state index >= 15 is 0 Å². The van der Waals surface area contributed by atoms with E-state index in [1.807, 2.05) is 0 Å². The van der Waals surface area contributed by atoms with Crippen molar-refractivity contribution in [3.05, 3.63) is 34.4 Å². The third-order valence-electron chi connectivity index (χ3n) is 4.61. The quantitative estimate of drug-likeness (QED) is 0.484. The fourth-order valence-corrected chi connectivity index (χ4v) is 3.21. The summed E-state index contributed by atoms with van der Waals surface area (Å²) in [4.78, 5) is 23.1. The summed E-state index contributed by atoms with van der Waals surface area (Å²) in [5.41, 5.74) is 1.61. The number of aryl methyl sites for hydroxylation is 1. The highest BCUT2D eigenvalue weighted by molar-refractivity contribution is 6.03. The lowest BCUT2D eigenvalue weighted by atomic mass is 9.89. The topological polar surface area (TPSA) is 74.6 Å². The molecular formula is C21H32O4. The average molecular weight is 348 g/mol. The van der Waals surface area contributed by atoms with Gasteiger partial charge in [0.15, 0.2) is 0 Å². The molecule has 0 unspecified atom stereocenters. The maximum absolute atomic E-state index is 11.7. The van der Waals surface area contributed by atoms with Crippen molar-refractivity contribution in [3.63, 3.8) is 0 Å². The van der Waals surface area contributed by atoms with Gasteiger partial charge in [0.2, 0.25) is 0 Å². The number of rotatable bonds is 12. The number of benzene rings is 1. The van der Waals surface area contributed by atoms with Crippen LogP contribution in [0.5, 0.6) is 0 Å². The first-order valence-electron chi connectivity index (χ1n) is 9.49. The van der Waals surface area contributed by atoms with Crippen LogP contribution < -0.4 is 0 Å². The zero-order chi connectivity index (χ0) is 18.8. The highest BCUT2D eigenvalue weighted by Crippen LogP contribution is 2.24. The van der Waals surface area contributed by atoms with E-state index in [1.54, 1.807) is 6.07 Å². The van der Waals surface area contributed by atoms with Gasteiger partial charge in [-0.1, -0.05) is 58.9 Å². The summed E-state index contributed by atoms with van der Waals surface area (Å²) in [6.45, 7) is 6.53. The van der Waals surface area contributed by atoms with E-state index in [0.717, 1.165) is 49.7 Å². The number of carbonyl (C=O) groups is 2. The molecule has 0 amide bonds. The molecule has 0 bridgehead atoms. The monoisotopic (exact) mass is 348 g/mol. The van der Waals surface area contributed by atoms with Crippen LogP contribution >= 0.6 is 0 Å². The Labute approximate surface area is 151 Å². The van der Waals surface area contributed by atoms with Gasteiger partial charge in [0, 0.05) is 0 Å². The van der Waals surface area contributed by atoms with Crippen molar-refractivity contribution in [2.24, 2.45) is 5.92 Å². The van der Waals surface area contributed by atoms with Crippen molar-refractivity contribution in [1.29, 1.82) is 0 Å². The van der Waals surface area contributed by atoms with Crippen LogP contribution in [0.15, 0.2) is 12.1 Å². The van der Waals surface area contributed by atoms with Gasteiger partial charge in [-0.2, -0.15) is 0 Å². The Balaban J connectivity index is 2.92. The minimum atomic E-state index is -1.17. The van der Waals surface area contributed by atoms with Crippen LogP contribution in [-0.4, -0.2) is 22.2 Å². The van der Waals surface area contributed by atoms with Crippen LogP contribution in [0.1, 0.15) is 97.6 Å². The molecule has 0 fully saturated rings. The molecule has 0 heterocycles. The van der Waals surface area contributed by atoms with Crippen LogP contribution in [0, 0.1) is 5.92 Å². The molecule has 1 aromatic rings. The molecule has 4 heteroatoms. The smallest absolute Gasteiger partial charge is 0.336 e. The van der Waals surface area contributed by atoms with Crippen molar-refractivity contribution in [2.75, 3.05) is 0 Å². The second-order valence-corrected chi connectivity index (χ2v) is 7.19. The lowest BCUT2D eigenvalue weighted by molar-refractivity contribution is 0.0650. The molecule has 1 aromatic carbocycles. The van der Waals surface area contributed by atoms with E-state index in [2.05, 4.69) is 20.8 Å². The van der Waals surface area contributed by atoms with Crippen molar-refractivity contribution < 1.29 is 19.8 Å². The number of carboxylic acid groups (broad SMARTS) is 2. The van der Waals surface area contributed by atoms with Gasteiger partial charge < -0.3 is 10.2 Å². The van der Waals surface area contributed by atoms with Crippen LogP contribution in [0.25, 0.3) is 0 Å². The molecule has 1 rings (SSSR count). The molecular weight excluding hydrogens is 316 g/mol. The van der Waals surface area contributed by atoms with Crippen LogP contribution in [0.2, 0.25) is 0 Å². The van der Waals surface area contributed by atoms with E-state index in [-0.39, 0.29) is 11.1 Å². The highest BCUT2D eigenvalue weighted by Gasteiger charge is 2.22. The molecule has 0 aliphatic carbocycles. The molecule has 4 nitrogen and oxygen atoms in total.